The molecule has 0 bridgehead atoms. The van der Waals surface area contributed by atoms with Crippen LogP contribution in [0.2, 0.25) is 0 Å². The number of piperazine rings is 1. The highest BCUT2D eigenvalue weighted by Crippen LogP contribution is 2.41. The van der Waals surface area contributed by atoms with Gasteiger partial charge in [0.2, 0.25) is 5.88 Å². The average Bonchev–Trinajstić information content (AvgIpc) is 3.48. The van der Waals surface area contributed by atoms with Gasteiger partial charge in [-0.05, 0) is 47.5 Å². The van der Waals surface area contributed by atoms with Crippen LogP contribution in [0.1, 0.15) is 34.1 Å². The molecule has 1 saturated heterocycles. The maximum absolute atomic E-state index is 14.0. The van der Waals surface area contributed by atoms with Crippen molar-refractivity contribution in [2.75, 3.05) is 31.1 Å². The molecule has 212 valence electrons. The van der Waals surface area contributed by atoms with Gasteiger partial charge in [-0.1, -0.05) is 23.5 Å². The minimum absolute atomic E-state index is 0.110. The van der Waals surface area contributed by atoms with Crippen LogP contribution in [0.5, 0.6) is 5.88 Å². The zero-order valence-corrected chi connectivity index (χ0v) is 21.8. The number of aromatic hydroxyl groups is 1. The number of nitrogens with one attached hydrogen (secondary N) is 1. The van der Waals surface area contributed by atoms with E-state index in [-0.39, 0.29) is 34.7 Å². The van der Waals surface area contributed by atoms with Crippen LogP contribution >= 0.6 is 11.3 Å². The summed E-state index contributed by atoms with van der Waals surface area (Å²) in [6, 6.07) is 6.27. The lowest BCUT2D eigenvalue weighted by Gasteiger charge is -2.32. The number of aliphatic hydroxyl groups excluding tert-OH is 1. The fourth-order valence-electron chi connectivity index (χ4n) is 4.71. The molecule has 0 amide bonds. The minimum atomic E-state index is -5.05. The van der Waals surface area contributed by atoms with Gasteiger partial charge in [0.25, 0.3) is 0 Å². The van der Waals surface area contributed by atoms with E-state index in [4.69, 9.17) is 0 Å². The van der Waals surface area contributed by atoms with Crippen molar-refractivity contribution < 1.29 is 36.6 Å². The Morgan fingerprint density at radius 3 is 2.55 bits per heavy atom. The van der Waals surface area contributed by atoms with E-state index >= 15 is 0 Å². The number of benzene rings is 2. The Morgan fingerprint density at radius 2 is 1.85 bits per heavy atom. The zero-order chi connectivity index (χ0) is 28.8. The summed E-state index contributed by atoms with van der Waals surface area (Å²) >= 11 is 1.06. The SMILES string of the molecule is CC1=NN=c2cc/c(=C(\Cc3ccc(C(F)(F)F)cc3C(F)(F)F)c3sc(N4CCN[C@@H](CO)C4)nc3O)cc21. The maximum Gasteiger partial charge on any atom is 0.416 e. The first kappa shape index (κ1) is 28.1. The smallest absolute Gasteiger partial charge is 0.416 e. The Balaban J connectivity index is 1.67. The molecule has 1 aromatic heterocycles. The second kappa shape index (κ2) is 10.5. The monoisotopic (exact) mass is 583 g/mol. The van der Waals surface area contributed by atoms with Gasteiger partial charge in [0.1, 0.15) is 0 Å². The number of alkyl halides is 6. The molecule has 1 atom stereocenters. The lowest BCUT2D eigenvalue weighted by atomic mass is 9.94. The number of thiazole rings is 1. The fraction of sp³-hybridized carbons (Fsp3) is 0.346. The van der Waals surface area contributed by atoms with E-state index in [0.29, 0.717) is 52.7 Å². The van der Waals surface area contributed by atoms with E-state index in [2.05, 4.69) is 20.5 Å². The van der Waals surface area contributed by atoms with Crippen molar-refractivity contribution in [2.45, 2.75) is 31.7 Å². The third-order valence-electron chi connectivity index (χ3n) is 6.77. The molecule has 14 heteroatoms. The van der Waals surface area contributed by atoms with E-state index < -0.39 is 35.8 Å². The second-order valence-corrected chi connectivity index (χ2v) is 10.4. The molecule has 0 unspecified atom stereocenters. The van der Waals surface area contributed by atoms with Gasteiger partial charge in [-0.2, -0.15) is 41.5 Å². The molecular formula is C26H23F6N5O2S. The van der Waals surface area contributed by atoms with E-state index in [0.717, 1.165) is 17.4 Å². The van der Waals surface area contributed by atoms with Crippen molar-refractivity contribution in [3.05, 3.63) is 74.1 Å². The van der Waals surface area contributed by atoms with Gasteiger partial charge < -0.3 is 20.4 Å². The Hall–Kier alpha value is -3.49. The highest BCUT2D eigenvalue weighted by molar-refractivity contribution is 7.17. The molecule has 0 saturated carbocycles. The van der Waals surface area contributed by atoms with Crippen LogP contribution in [0, 0.1) is 0 Å². The van der Waals surface area contributed by atoms with Gasteiger partial charge in [-0.3, -0.25) is 0 Å². The van der Waals surface area contributed by atoms with Crippen molar-refractivity contribution in [3.63, 3.8) is 0 Å². The van der Waals surface area contributed by atoms with Crippen molar-refractivity contribution in [3.8, 4) is 5.88 Å². The maximum atomic E-state index is 14.0. The Kier molecular flexibility index (Phi) is 7.35. The number of anilines is 1. The van der Waals surface area contributed by atoms with Crippen molar-refractivity contribution in [1.29, 1.82) is 0 Å². The number of rotatable bonds is 5. The molecule has 1 fully saturated rings. The third kappa shape index (κ3) is 5.56. The summed E-state index contributed by atoms with van der Waals surface area (Å²) in [4.78, 5) is 6.29. The fourth-order valence-corrected chi connectivity index (χ4v) is 5.77. The largest absolute Gasteiger partial charge is 0.492 e. The number of aliphatic hydroxyl groups is 1. The Labute approximate surface area is 227 Å². The molecule has 40 heavy (non-hydrogen) atoms. The number of halogens is 6. The van der Waals surface area contributed by atoms with Crippen molar-refractivity contribution >= 4 is 27.8 Å². The van der Waals surface area contributed by atoms with Crippen molar-refractivity contribution in [2.24, 2.45) is 10.2 Å². The predicted molar refractivity (Wildman–Crippen MR) is 137 cm³/mol. The Bertz CT molecular complexity index is 1600. The Morgan fingerprint density at radius 1 is 1.07 bits per heavy atom. The van der Waals surface area contributed by atoms with Crippen LogP contribution in [0.4, 0.5) is 31.5 Å². The summed E-state index contributed by atoms with van der Waals surface area (Å²) in [5, 5.41) is 33.1. The van der Waals surface area contributed by atoms with Crippen LogP contribution in [0.15, 0.2) is 46.6 Å². The average molecular weight is 584 g/mol. The van der Waals surface area contributed by atoms with E-state index in [1.807, 2.05) is 4.90 Å². The summed E-state index contributed by atoms with van der Waals surface area (Å²) in [6.07, 6.45) is -10.4. The lowest BCUT2D eigenvalue weighted by molar-refractivity contribution is -0.143. The minimum Gasteiger partial charge on any atom is -0.492 e. The van der Waals surface area contributed by atoms with Crippen LogP contribution in [-0.2, 0) is 18.8 Å². The topological polar surface area (TPSA) is 93.3 Å². The van der Waals surface area contributed by atoms with E-state index in [9.17, 15) is 36.6 Å². The molecule has 3 heterocycles. The lowest BCUT2D eigenvalue weighted by Crippen LogP contribution is -2.52. The number of nitrogens with zero attached hydrogens (tertiary/aromatic N) is 4. The summed E-state index contributed by atoms with van der Waals surface area (Å²) in [6.45, 7) is 3.07. The molecular weight excluding hydrogens is 560 g/mol. The van der Waals surface area contributed by atoms with Crippen LogP contribution in [-0.4, -0.2) is 53.2 Å². The molecule has 3 aromatic rings. The molecule has 2 aliphatic rings. The highest BCUT2D eigenvalue weighted by atomic mass is 32.1. The molecule has 0 radical (unpaired) electrons. The first-order valence-electron chi connectivity index (χ1n) is 12.2. The predicted octanol–water partition coefficient (Wildman–Crippen LogP) is 3.46. The highest BCUT2D eigenvalue weighted by Gasteiger charge is 2.38. The van der Waals surface area contributed by atoms with E-state index in [1.54, 1.807) is 25.1 Å². The van der Waals surface area contributed by atoms with Crippen molar-refractivity contribution in [1.82, 2.24) is 10.3 Å². The standard InChI is InChI=1S/C26H23F6N5O2S/c1-13-18-8-14(3-5-21(18)36-35-13)19(9-15-2-4-16(25(27,28)29)10-20(15)26(30,31)32)22-23(39)34-24(40-22)37-7-6-33-17(11-37)12-38/h2-5,8,10,17,33,38-39H,6-7,9,11-12H2,1H3/b19-14-/t17-/m1/s1. The van der Waals surface area contributed by atoms with Crippen LogP contribution in [0.25, 0.3) is 5.57 Å². The van der Waals surface area contributed by atoms with Crippen LogP contribution in [0.3, 0.4) is 0 Å². The summed E-state index contributed by atoms with van der Waals surface area (Å²) in [7, 11) is 0. The van der Waals surface area contributed by atoms with Gasteiger partial charge in [-0.15, -0.1) is 0 Å². The molecule has 2 aromatic carbocycles. The van der Waals surface area contributed by atoms with Gasteiger partial charge >= 0.3 is 12.4 Å². The summed E-state index contributed by atoms with van der Waals surface area (Å²) in [5.41, 5.74) is -1.71. The summed E-state index contributed by atoms with van der Waals surface area (Å²) < 4.78 is 81.8. The molecule has 0 aliphatic carbocycles. The normalized spacial score (nSPS) is 18.4. The number of hydrogen-bond donors (Lipinski definition) is 3. The van der Waals surface area contributed by atoms with Gasteiger partial charge in [0.15, 0.2) is 5.13 Å². The molecule has 0 spiro atoms. The number of hydrogen-bond acceptors (Lipinski definition) is 8. The molecule has 5 rings (SSSR count). The van der Waals surface area contributed by atoms with Gasteiger partial charge in [0.05, 0.1) is 33.7 Å². The first-order chi connectivity index (χ1) is 18.8. The quantitative estimate of drug-likeness (QED) is 0.401. The number of aromatic nitrogens is 1. The third-order valence-corrected chi connectivity index (χ3v) is 7.94. The molecule has 2 aliphatic heterocycles. The summed E-state index contributed by atoms with van der Waals surface area (Å²) in [5.74, 6) is -0.412. The van der Waals surface area contributed by atoms with Crippen LogP contribution < -0.4 is 20.8 Å². The molecule has 3 N–H and O–H groups in total. The molecule has 7 nitrogen and oxygen atoms in total. The second-order valence-electron chi connectivity index (χ2n) is 9.47. The zero-order valence-electron chi connectivity index (χ0n) is 20.9. The van der Waals surface area contributed by atoms with Gasteiger partial charge in [-0.25, -0.2) is 0 Å². The van der Waals surface area contributed by atoms with E-state index in [1.165, 1.54) is 0 Å². The first-order valence-corrected chi connectivity index (χ1v) is 13.0. The van der Waals surface area contributed by atoms with Gasteiger partial charge in [0, 0.05) is 37.7 Å². The number of fused-ring (bicyclic) bond motifs is 1.